The molecular weight excluding hydrogens is 400 g/mol. The minimum Gasteiger partial charge on any atom is -0.493 e. The summed E-state index contributed by atoms with van der Waals surface area (Å²) in [5, 5.41) is 5.43. The Morgan fingerprint density at radius 1 is 0.962 bits per heavy atom. The molecule has 0 aliphatic carbocycles. The number of halogens is 1. The fraction of sp³-hybridized carbons (Fsp3) is 0.158. The fourth-order valence-electron chi connectivity index (χ4n) is 2.22. The Labute approximate surface area is 160 Å². The summed E-state index contributed by atoms with van der Waals surface area (Å²) in [7, 11) is 3.11. The average Bonchev–Trinajstić information content (AvgIpc) is 2.61. The zero-order chi connectivity index (χ0) is 19.1. The molecule has 2 N–H and O–H groups in total. The molecule has 0 spiro atoms. The van der Waals surface area contributed by atoms with Crippen molar-refractivity contribution in [2.75, 3.05) is 24.9 Å². The molecule has 0 atom stereocenters. The van der Waals surface area contributed by atoms with Crippen LogP contribution >= 0.6 is 15.9 Å². The van der Waals surface area contributed by atoms with Gasteiger partial charge in [-0.15, -0.1) is 0 Å². The number of methoxy groups -OCH3 is 2. The van der Waals surface area contributed by atoms with Gasteiger partial charge in [0.15, 0.2) is 11.5 Å². The molecule has 26 heavy (non-hydrogen) atoms. The lowest BCUT2D eigenvalue weighted by Crippen LogP contribution is -2.13. The zero-order valence-corrected chi connectivity index (χ0v) is 16.2. The summed E-state index contributed by atoms with van der Waals surface area (Å²) in [5.41, 5.74) is 1.80. The number of benzene rings is 2. The second-order valence-corrected chi connectivity index (χ2v) is 6.22. The van der Waals surface area contributed by atoms with Gasteiger partial charge in [-0.05, 0) is 42.0 Å². The van der Waals surface area contributed by atoms with Crippen LogP contribution < -0.4 is 20.1 Å². The van der Waals surface area contributed by atoms with Crippen molar-refractivity contribution in [3.63, 3.8) is 0 Å². The molecule has 0 aliphatic heterocycles. The molecule has 0 aliphatic rings. The maximum absolute atomic E-state index is 12.2. The van der Waals surface area contributed by atoms with Gasteiger partial charge in [0.05, 0.1) is 25.6 Å². The fourth-order valence-corrected chi connectivity index (χ4v) is 2.58. The van der Waals surface area contributed by atoms with E-state index in [1.165, 1.54) is 13.0 Å². The number of amides is 2. The number of carbonyl (C=O) groups excluding carboxylic acids is 2. The Bertz CT molecular complexity index is 849. The molecule has 0 unspecified atom stereocenters. The highest BCUT2D eigenvalue weighted by atomic mass is 79.9. The summed E-state index contributed by atoms with van der Waals surface area (Å²) in [5.74, 6) is 0.645. The maximum Gasteiger partial charge on any atom is 0.248 e. The van der Waals surface area contributed by atoms with Crippen molar-refractivity contribution in [3.8, 4) is 11.5 Å². The van der Waals surface area contributed by atoms with Crippen LogP contribution in [0.5, 0.6) is 11.5 Å². The summed E-state index contributed by atoms with van der Waals surface area (Å²) < 4.78 is 11.2. The lowest BCUT2D eigenvalue weighted by molar-refractivity contribution is -0.114. The molecule has 0 bridgehead atoms. The van der Waals surface area contributed by atoms with Crippen LogP contribution in [-0.4, -0.2) is 26.0 Å². The molecule has 0 saturated carbocycles. The van der Waals surface area contributed by atoms with Crippen LogP contribution in [0.2, 0.25) is 0 Å². The Morgan fingerprint density at radius 2 is 1.69 bits per heavy atom. The lowest BCUT2D eigenvalue weighted by Gasteiger charge is -2.11. The summed E-state index contributed by atoms with van der Waals surface area (Å²) in [6.07, 6.45) is 3.06. The number of hydrogen-bond donors (Lipinski definition) is 2. The van der Waals surface area contributed by atoms with Gasteiger partial charge >= 0.3 is 0 Å². The number of rotatable bonds is 6. The third-order valence-corrected chi connectivity index (χ3v) is 3.88. The Morgan fingerprint density at radius 3 is 2.35 bits per heavy atom. The van der Waals surface area contributed by atoms with Gasteiger partial charge in [-0.25, -0.2) is 0 Å². The Balaban J connectivity index is 2.15. The predicted octanol–water partition coefficient (Wildman–Crippen LogP) is 4.08. The van der Waals surface area contributed by atoms with E-state index in [2.05, 4.69) is 26.6 Å². The topological polar surface area (TPSA) is 76.7 Å². The number of anilines is 2. The first-order valence-corrected chi connectivity index (χ1v) is 8.50. The normalized spacial score (nSPS) is 10.5. The highest BCUT2D eigenvalue weighted by Gasteiger charge is 2.08. The molecule has 0 saturated heterocycles. The van der Waals surface area contributed by atoms with Crippen LogP contribution in [0.4, 0.5) is 11.4 Å². The summed E-state index contributed by atoms with van der Waals surface area (Å²) >= 11 is 3.35. The molecule has 2 amide bonds. The first-order chi connectivity index (χ1) is 12.4. The van der Waals surface area contributed by atoms with Crippen molar-refractivity contribution in [1.82, 2.24) is 0 Å². The van der Waals surface area contributed by atoms with E-state index in [-0.39, 0.29) is 11.8 Å². The second-order valence-electron chi connectivity index (χ2n) is 5.31. The maximum atomic E-state index is 12.2. The molecule has 6 nitrogen and oxygen atoms in total. The van der Waals surface area contributed by atoms with Crippen LogP contribution in [0.25, 0.3) is 6.08 Å². The van der Waals surface area contributed by atoms with E-state index >= 15 is 0 Å². The van der Waals surface area contributed by atoms with Crippen molar-refractivity contribution in [1.29, 1.82) is 0 Å². The van der Waals surface area contributed by atoms with Crippen LogP contribution in [0.1, 0.15) is 12.5 Å². The summed E-state index contributed by atoms with van der Waals surface area (Å²) in [6, 6.07) is 10.5. The Kier molecular flexibility index (Phi) is 6.80. The van der Waals surface area contributed by atoms with E-state index in [4.69, 9.17) is 9.47 Å². The van der Waals surface area contributed by atoms with Crippen molar-refractivity contribution >= 4 is 45.2 Å². The van der Waals surface area contributed by atoms with E-state index in [0.717, 1.165) is 10.0 Å². The van der Waals surface area contributed by atoms with E-state index in [1.807, 2.05) is 6.07 Å². The van der Waals surface area contributed by atoms with Crippen molar-refractivity contribution in [2.45, 2.75) is 6.92 Å². The molecule has 0 heterocycles. The molecule has 2 aromatic carbocycles. The molecule has 0 fully saturated rings. The van der Waals surface area contributed by atoms with Gasteiger partial charge in [-0.3, -0.25) is 9.59 Å². The van der Waals surface area contributed by atoms with E-state index < -0.39 is 0 Å². The minimum atomic E-state index is -0.329. The third kappa shape index (κ3) is 5.35. The molecular formula is C19H19BrN2O4. The average molecular weight is 419 g/mol. The quantitative estimate of drug-likeness (QED) is 0.692. The van der Waals surface area contributed by atoms with Gasteiger partial charge in [0.25, 0.3) is 0 Å². The first kappa shape index (κ1) is 19.5. The SMILES string of the molecule is COc1ccc(/C=C/C(=O)Nc2cc(Br)ccc2NC(C)=O)cc1OC. The van der Waals surface area contributed by atoms with Crippen LogP contribution in [0.3, 0.4) is 0 Å². The number of hydrogen-bond acceptors (Lipinski definition) is 4. The van der Waals surface area contributed by atoms with E-state index in [9.17, 15) is 9.59 Å². The molecule has 136 valence electrons. The van der Waals surface area contributed by atoms with Crippen molar-refractivity contribution < 1.29 is 19.1 Å². The second kappa shape index (κ2) is 9.05. The smallest absolute Gasteiger partial charge is 0.248 e. The monoisotopic (exact) mass is 418 g/mol. The largest absolute Gasteiger partial charge is 0.493 e. The molecule has 2 aromatic rings. The highest BCUT2D eigenvalue weighted by Crippen LogP contribution is 2.28. The van der Waals surface area contributed by atoms with E-state index in [0.29, 0.717) is 22.9 Å². The van der Waals surface area contributed by atoms with Gasteiger partial charge < -0.3 is 20.1 Å². The number of ether oxygens (including phenoxy) is 2. The highest BCUT2D eigenvalue weighted by molar-refractivity contribution is 9.10. The standard InChI is InChI=1S/C19H19BrN2O4/c1-12(23)21-15-7-6-14(20)11-16(15)22-19(24)9-5-13-4-8-17(25-2)18(10-13)26-3/h4-11H,1-3H3,(H,21,23)(H,22,24)/b9-5+. The first-order valence-electron chi connectivity index (χ1n) is 7.71. The van der Waals surface area contributed by atoms with Crippen molar-refractivity contribution in [2.24, 2.45) is 0 Å². The van der Waals surface area contributed by atoms with Crippen LogP contribution in [0.15, 0.2) is 46.9 Å². The summed E-state index contributed by atoms with van der Waals surface area (Å²) in [6.45, 7) is 1.41. The third-order valence-electron chi connectivity index (χ3n) is 3.38. The van der Waals surface area contributed by atoms with Crippen LogP contribution in [0, 0.1) is 0 Å². The number of nitrogens with one attached hydrogen (secondary N) is 2. The van der Waals surface area contributed by atoms with Gasteiger partial charge in [-0.2, -0.15) is 0 Å². The number of carbonyl (C=O) groups is 2. The Hall–Kier alpha value is -2.80. The zero-order valence-electron chi connectivity index (χ0n) is 14.6. The van der Waals surface area contributed by atoms with Gasteiger partial charge in [-0.1, -0.05) is 22.0 Å². The molecule has 2 rings (SSSR count). The summed E-state index contributed by atoms with van der Waals surface area (Å²) in [4.78, 5) is 23.5. The van der Waals surface area contributed by atoms with Crippen LogP contribution in [-0.2, 0) is 9.59 Å². The molecule has 0 radical (unpaired) electrons. The predicted molar refractivity (Wildman–Crippen MR) is 106 cm³/mol. The van der Waals surface area contributed by atoms with Crippen molar-refractivity contribution in [3.05, 3.63) is 52.5 Å². The van der Waals surface area contributed by atoms with Gasteiger partial charge in [0.1, 0.15) is 0 Å². The molecule has 7 heteroatoms. The van der Waals surface area contributed by atoms with E-state index in [1.54, 1.807) is 50.6 Å². The minimum absolute atomic E-state index is 0.219. The van der Waals surface area contributed by atoms with Gasteiger partial charge in [0.2, 0.25) is 11.8 Å². The molecule has 0 aromatic heterocycles. The lowest BCUT2D eigenvalue weighted by atomic mass is 10.2. The van der Waals surface area contributed by atoms with Gasteiger partial charge in [0, 0.05) is 17.5 Å².